The van der Waals surface area contributed by atoms with E-state index in [2.05, 4.69) is 20.6 Å². The number of aromatic nitrogens is 2. The molecular formula is C17H14Cl2N4O. The summed E-state index contributed by atoms with van der Waals surface area (Å²) in [6.07, 6.45) is 0. The maximum atomic E-state index is 12.1. The Morgan fingerprint density at radius 2 is 1.75 bits per heavy atom. The van der Waals surface area contributed by atoms with Gasteiger partial charge in [-0.2, -0.15) is 0 Å². The molecule has 0 aliphatic rings. The zero-order valence-corrected chi connectivity index (χ0v) is 14.5. The van der Waals surface area contributed by atoms with E-state index < -0.39 is 6.03 Å². The third kappa shape index (κ3) is 3.58. The molecule has 0 aliphatic carbocycles. The number of anilines is 2. The first-order valence-electron chi connectivity index (χ1n) is 7.20. The van der Waals surface area contributed by atoms with E-state index in [1.165, 1.54) is 0 Å². The number of amides is 2. The van der Waals surface area contributed by atoms with E-state index in [9.17, 15) is 4.79 Å². The highest BCUT2D eigenvalue weighted by Crippen LogP contribution is 2.25. The highest BCUT2D eigenvalue weighted by atomic mass is 35.5. The van der Waals surface area contributed by atoms with Gasteiger partial charge >= 0.3 is 6.03 Å². The number of rotatable bonds is 2. The lowest BCUT2D eigenvalue weighted by Crippen LogP contribution is -2.20. The van der Waals surface area contributed by atoms with Crippen molar-refractivity contribution in [2.24, 2.45) is 0 Å². The molecule has 0 atom stereocenters. The van der Waals surface area contributed by atoms with Gasteiger partial charge in [0.1, 0.15) is 5.82 Å². The first-order chi connectivity index (χ1) is 11.4. The van der Waals surface area contributed by atoms with E-state index in [-0.39, 0.29) is 0 Å². The largest absolute Gasteiger partial charge is 0.324 e. The predicted molar refractivity (Wildman–Crippen MR) is 98.1 cm³/mol. The molecule has 0 saturated carbocycles. The average molecular weight is 361 g/mol. The summed E-state index contributed by atoms with van der Waals surface area (Å²) in [6, 6.07) is 10.0. The number of pyridine rings is 2. The molecule has 24 heavy (non-hydrogen) atoms. The predicted octanol–water partition coefficient (Wildman–Crippen LogP) is 5.20. The molecule has 3 rings (SSSR count). The van der Waals surface area contributed by atoms with Gasteiger partial charge in [0.2, 0.25) is 0 Å². The molecule has 2 N–H and O–H groups in total. The van der Waals surface area contributed by atoms with Crippen LogP contribution in [0.2, 0.25) is 10.0 Å². The second-order valence-electron chi connectivity index (χ2n) is 5.36. The van der Waals surface area contributed by atoms with E-state index >= 15 is 0 Å². The Balaban J connectivity index is 1.78. The van der Waals surface area contributed by atoms with E-state index in [1.807, 2.05) is 26.0 Å². The Hall–Kier alpha value is -2.37. The lowest BCUT2D eigenvalue weighted by atomic mass is 10.1. The summed E-state index contributed by atoms with van der Waals surface area (Å²) in [7, 11) is 0. The quantitative estimate of drug-likeness (QED) is 0.659. The second kappa shape index (κ2) is 6.63. The fourth-order valence-electron chi connectivity index (χ4n) is 2.35. The van der Waals surface area contributed by atoms with Crippen molar-refractivity contribution in [3.8, 4) is 0 Å². The topological polar surface area (TPSA) is 66.9 Å². The molecule has 0 bridgehead atoms. The van der Waals surface area contributed by atoms with E-state index in [4.69, 9.17) is 23.2 Å². The van der Waals surface area contributed by atoms with Gasteiger partial charge < -0.3 is 5.32 Å². The number of halogens is 2. The van der Waals surface area contributed by atoms with Crippen LogP contribution in [0.5, 0.6) is 0 Å². The van der Waals surface area contributed by atoms with Crippen LogP contribution in [0.4, 0.5) is 16.3 Å². The van der Waals surface area contributed by atoms with Gasteiger partial charge in [0.05, 0.1) is 10.0 Å². The summed E-state index contributed by atoms with van der Waals surface area (Å²) >= 11 is 11.8. The van der Waals surface area contributed by atoms with Crippen LogP contribution in [0.25, 0.3) is 11.0 Å². The number of carbonyl (C=O) groups is 1. The maximum Gasteiger partial charge on any atom is 0.324 e. The van der Waals surface area contributed by atoms with Crippen LogP contribution in [0.1, 0.15) is 11.3 Å². The normalized spacial score (nSPS) is 10.7. The third-order valence-electron chi connectivity index (χ3n) is 3.43. The molecule has 0 saturated heterocycles. The molecule has 0 spiro atoms. The van der Waals surface area contributed by atoms with E-state index in [0.717, 1.165) is 16.6 Å². The smallest absolute Gasteiger partial charge is 0.308 e. The fraction of sp³-hybridized carbons (Fsp3) is 0.118. The minimum Gasteiger partial charge on any atom is -0.308 e. The summed E-state index contributed by atoms with van der Waals surface area (Å²) in [4.78, 5) is 20.9. The molecule has 3 aromatic rings. The number of urea groups is 1. The molecule has 0 fully saturated rings. The highest BCUT2D eigenvalue weighted by molar-refractivity contribution is 6.42. The summed E-state index contributed by atoms with van der Waals surface area (Å²) in [6.45, 7) is 3.91. The molecule has 0 radical (unpaired) electrons. The van der Waals surface area contributed by atoms with Crippen molar-refractivity contribution < 1.29 is 4.79 Å². The van der Waals surface area contributed by atoms with Gasteiger partial charge in [-0.3, -0.25) is 5.32 Å². The minimum atomic E-state index is -0.426. The Morgan fingerprint density at radius 1 is 0.958 bits per heavy atom. The zero-order valence-electron chi connectivity index (χ0n) is 13.0. The van der Waals surface area contributed by atoms with E-state index in [1.54, 1.807) is 24.3 Å². The van der Waals surface area contributed by atoms with Crippen molar-refractivity contribution in [2.75, 3.05) is 10.6 Å². The lowest BCUT2D eigenvalue weighted by molar-refractivity contribution is 0.262. The third-order valence-corrected chi connectivity index (χ3v) is 4.17. The number of fused-ring (bicyclic) bond motifs is 1. The average Bonchev–Trinajstić information content (AvgIpc) is 2.50. The molecule has 2 aromatic heterocycles. The molecule has 2 amide bonds. The van der Waals surface area contributed by atoms with Crippen LogP contribution >= 0.6 is 23.2 Å². The maximum absolute atomic E-state index is 12.1. The van der Waals surface area contributed by atoms with Crippen molar-refractivity contribution in [2.45, 2.75) is 13.8 Å². The van der Waals surface area contributed by atoms with Crippen molar-refractivity contribution in [3.63, 3.8) is 0 Å². The number of aryl methyl sites for hydroxylation is 2. The molecule has 0 unspecified atom stereocenters. The van der Waals surface area contributed by atoms with Gasteiger partial charge in [-0.25, -0.2) is 14.8 Å². The van der Waals surface area contributed by atoms with Crippen LogP contribution in [-0.2, 0) is 0 Å². The lowest BCUT2D eigenvalue weighted by Gasteiger charge is -2.09. The second-order valence-corrected chi connectivity index (χ2v) is 6.17. The van der Waals surface area contributed by atoms with Gasteiger partial charge in [0.25, 0.3) is 0 Å². The standard InChI is InChI=1S/C17H14Cl2N4O/c1-9-7-10(2)20-16-12(9)4-6-15(22-16)23-17(24)21-11-3-5-13(18)14(19)8-11/h3-8H,1-2H3,(H2,20,21,22,23,24). The van der Waals surface area contributed by atoms with Gasteiger partial charge in [0.15, 0.2) is 5.65 Å². The van der Waals surface area contributed by atoms with Gasteiger partial charge in [-0.15, -0.1) is 0 Å². The van der Waals surface area contributed by atoms with Crippen LogP contribution < -0.4 is 10.6 Å². The number of benzene rings is 1. The SMILES string of the molecule is Cc1cc(C)c2ccc(NC(=O)Nc3ccc(Cl)c(Cl)c3)nc2n1. The molecule has 2 heterocycles. The first kappa shape index (κ1) is 16.5. The molecular weight excluding hydrogens is 347 g/mol. The Labute approximate surface area is 149 Å². The van der Waals surface area contributed by atoms with Crippen LogP contribution in [0, 0.1) is 13.8 Å². The molecule has 1 aromatic carbocycles. The van der Waals surface area contributed by atoms with Crippen molar-refractivity contribution >= 4 is 51.8 Å². The summed E-state index contributed by atoms with van der Waals surface area (Å²) in [5.74, 6) is 0.414. The zero-order chi connectivity index (χ0) is 17.3. The van der Waals surface area contributed by atoms with Crippen molar-refractivity contribution in [1.29, 1.82) is 0 Å². The van der Waals surface area contributed by atoms with Gasteiger partial charge in [-0.1, -0.05) is 23.2 Å². The van der Waals surface area contributed by atoms with Gasteiger partial charge in [-0.05, 0) is 55.8 Å². The van der Waals surface area contributed by atoms with Crippen LogP contribution in [0.3, 0.4) is 0 Å². The summed E-state index contributed by atoms with van der Waals surface area (Å²) in [5.41, 5.74) is 3.11. The van der Waals surface area contributed by atoms with Crippen molar-refractivity contribution in [1.82, 2.24) is 9.97 Å². The fourth-order valence-corrected chi connectivity index (χ4v) is 2.65. The Morgan fingerprint density at radius 3 is 2.50 bits per heavy atom. The molecule has 5 nitrogen and oxygen atoms in total. The molecule has 7 heteroatoms. The number of carbonyl (C=O) groups excluding carboxylic acids is 1. The minimum absolute atomic E-state index is 0.369. The number of nitrogens with one attached hydrogen (secondary N) is 2. The van der Waals surface area contributed by atoms with Crippen LogP contribution in [-0.4, -0.2) is 16.0 Å². The van der Waals surface area contributed by atoms with Crippen LogP contribution in [0.15, 0.2) is 36.4 Å². The highest BCUT2D eigenvalue weighted by Gasteiger charge is 2.08. The van der Waals surface area contributed by atoms with Crippen molar-refractivity contribution in [3.05, 3.63) is 57.7 Å². The molecule has 0 aliphatic heterocycles. The summed E-state index contributed by atoms with van der Waals surface area (Å²) < 4.78 is 0. The Bertz CT molecular complexity index is 943. The molecule has 122 valence electrons. The number of hydrogen-bond donors (Lipinski definition) is 2. The summed E-state index contributed by atoms with van der Waals surface area (Å²) in [5, 5.41) is 7.10. The first-order valence-corrected chi connectivity index (χ1v) is 7.96. The number of nitrogens with zero attached hydrogens (tertiary/aromatic N) is 2. The number of hydrogen-bond acceptors (Lipinski definition) is 3. The van der Waals surface area contributed by atoms with Gasteiger partial charge in [0, 0.05) is 16.8 Å². The Kier molecular flexibility index (Phi) is 4.55. The van der Waals surface area contributed by atoms with E-state index in [0.29, 0.717) is 27.2 Å². The monoisotopic (exact) mass is 360 g/mol.